The molecule has 0 spiro atoms. The van der Waals surface area contributed by atoms with Crippen LogP contribution in [0.4, 0.5) is 15.8 Å². The molecule has 1 aliphatic rings. The van der Waals surface area contributed by atoms with Crippen molar-refractivity contribution < 1.29 is 19.1 Å². The minimum Gasteiger partial charge on any atom is -0.478 e. The largest absolute Gasteiger partial charge is 0.478 e. The summed E-state index contributed by atoms with van der Waals surface area (Å²) in [6.45, 7) is 4.06. The van der Waals surface area contributed by atoms with Crippen LogP contribution in [-0.2, 0) is 4.79 Å². The van der Waals surface area contributed by atoms with Gasteiger partial charge in [0.1, 0.15) is 11.4 Å². The zero-order chi connectivity index (χ0) is 15.1. The van der Waals surface area contributed by atoms with Crippen LogP contribution in [0.25, 0.3) is 0 Å². The van der Waals surface area contributed by atoms with Crippen LogP contribution in [0.3, 0.4) is 0 Å². The number of rotatable bonds is 2. The van der Waals surface area contributed by atoms with E-state index in [1.165, 1.54) is 6.07 Å². The zero-order valence-electron chi connectivity index (χ0n) is 11.2. The number of piperazine rings is 1. The molecule has 1 aromatic rings. The van der Waals surface area contributed by atoms with E-state index in [9.17, 15) is 14.0 Å². The smallest absolute Gasteiger partial charge is 0.337 e. The highest BCUT2D eigenvalue weighted by atomic mass is 19.1. The van der Waals surface area contributed by atoms with Crippen LogP contribution in [0, 0.1) is 5.82 Å². The number of aromatic carboxylic acids is 1. The molecule has 1 aliphatic heterocycles. The molecular formula is C13H16FN3O3. The molecule has 0 aromatic heterocycles. The lowest BCUT2D eigenvalue weighted by Crippen LogP contribution is -2.62. The number of hydrogen-bond donors (Lipinski definition) is 3. The van der Waals surface area contributed by atoms with Crippen molar-refractivity contribution in [2.24, 2.45) is 0 Å². The lowest BCUT2D eigenvalue weighted by molar-refractivity contribution is -0.126. The molecule has 2 rings (SSSR count). The molecule has 0 bridgehead atoms. The van der Waals surface area contributed by atoms with E-state index in [0.717, 1.165) is 6.07 Å². The van der Waals surface area contributed by atoms with Crippen LogP contribution in [0.5, 0.6) is 0 Å². The monoisotopic (exact) mass is 281 g/mol. The van der Waals surface area contributed by atoms with Crippen LogP contribution in [0.15, 0.2) is 12.1 Å². The highest BCUT2D eigenvalue weighted by Crippen LogP contribution is 2.31. The number of carboxylic acids is 1. The molecule has 0 unspecified atom stereocenters. The molecule has 1 heterocycles. The van der Waals surface area contributed by atoms with Gasteiger partial charge in [0.15, 0.2) is 0 Å². The number of halogens is 1. The number of nitrogen functional groups attached to an aromatic ring is 1. The van der Waals surface area contributed by atoms with Crippen molar-refractivity contribution in [3.05, 3.63) is 23.5 Å². The Morgan fingerprint density at radius 2 is 2.15 bits per heavy atom. The van der Waals surface area contributed by atoms with Gasteiger partial charge in [-0.1, -0.05) is 0 Å². The van der Waals surface area contributed by atoms with Crippen molar-refractivity contribution >= 4 is 23.3 Å². The molecule has 1 aromatic carbocycles. The highest BCUT2D eigenvalue weighted by Gasteiger charge is 2.39. The van der Waals surface area contributed by atoms with E-state index in [1.54, 1.807) is 18.7 Å². The number of carboxylic acid groups (broad SMARTS) is 1. The predicted molar refractivity (Wildman–Crippen MR) is 72.2 cm³/mol. The van der Waals surface area contributed by atoms with Gasteiger partial charge in [0.2, 0.25) is 5.91 Å². The molecule has 20 heavy (non-hydrogen) atoms. The molecule has 1 saturated heterocycles. The molecule has 4 N–H and O–H groups in total. The van der Waals surface area contributed by atoms with Gasteiger partial charge >= 0.3 is 5.97 Å². The number of nitrogens with two attached hydrogens (primary N) is 1. The van der Waals surface area contributed by atoms with Crippen molar-refractivity contribution in [2.45, 2.75) is 19.4 Å². The normalized spacial score (nSPS) is 17.8. The van der Waals surface area contributed by atoms with Crippen molar-refractivity contribution in [1.29, 1.82) is 0 Å². The second-order valence-corrected chi connectivity index (χ2v) is 5.16. The number of hydrogen-bond acceptors (Lipinski definition) is 4. The minimum atomic E-state index is -1.23. The summed E-state index contributed by atoms with van der Waals surface area (Å²) in [4.78, 5) is 24.5. The lowest BCUT2D eigenvalue weighted by atomic mass is 9.97. The van der Waals surface area contributed by atoms with Gasteiger partial charge in [-0.05, 0) is 26.0 Å². The Labute approximate surface area is 115 Å². The number of anilines is 2. The Balaban J connectivity index is 2.54. The number of nitrogens with one attached hydrogen (secondary N) is 1. The van der Waals surface area contributed by atoms with Gasteiger partial charge in [-0.2, -0.15) is 0 Å². The van der Waals surface area contributed by atoms with Crippen molar-refractivity contribution in [1.82, 2.24) is 5.32 Å². The molecule has 1 amide bonds. The summed E-state index contributed by atoms with van der Waals surface area (Å²) in [6.07, 6.45) is 0. The third kappa shape index (κ3) is 2.15. The first-order valence-electron chi connectivity index (χ1n) is 6.13. The molecule has 0 radical (unpaired) electrons. The van der Waals surface area contributed by atoms with Gasteiger partial charge in [-0.3, -0.25) is 4.79 Å². The molecule has 0 aliphatic carbocycles. The lowest BCUT2D eigenvalue weighted by Gasteiger charge is -2.43. The Bertz CT molecular complexity index is 586. The van der Waals surface area contributed by atoms with Crippen LogP contribution < -0.4 is 16.0 Å². The average molecular weight is 281 g/mol. The number of nitrogens with zero attached hydrogens (tertiary/aromatic N) is 1. The minimum absolute atomic E-state index is 0.0662. The fourth-order valence-electron chi connectivity index (χ4n) is 2.29. The summed E-state index contributed by atoms with van der Waals surface area (Å²) in [7, 11) is 0. The van der Waals surface area contributed by atoms with Crippen LogP contribution >= 0.6 is 0 Å². The van der Waals surface area contributed by atoms with E-state index in [2.05, 4.69) is 5.32 Å². The van der Waals surface area contributed by atoms with E-state index in [-0.39, 0.29) is 22.8 Å². The maximum Gasteiger partial charge on any atom is 0.337 e. The van der Waals surface area contributed by atoms with Crippen molar-refractivity contribution in [2.75, 3.05) is 23.7 Å². The van der Waals surface area contributed by atoms with Crippen molar-refractivity contribution in [3.8, 4) is 0 Å². The Morgan fingerprint density at radius 3 is 2.75 bits per heavy atom. The Kier molecular flexibility index (Phi) is 3.29. The maximum absolute atomic E-state index is 14.1. The SMILES string of the molecule is CC1(C)C(=O)NCCN1c1cc(C(=O)O)c(N)cc1F. The van der Waals surface area contributed by atoms with E-state index in [4.69, 9.17) is 10.8 Å². The third-order valence-corrected chi connectivity index (χ3v) is 3.49. The quantitative estimate of drug-likeness (QED) is 0.698. The predicted octanol–water partition coefficient (Wildman–Crippen LogP) is 0.821. The van der Waals surface area contributed by atoms with E-state index in [1.807, 2.05) is 0 Å². The average Bonchev–Trinajstić information content (AvgIpc) is 2.33. The number of carbonyl (C=O) groups excluding carboxylic acids is 1. The number of benzene rings is 1. The van der Waals surface area contributed by atoms with Crippen molar-refractivity contribution in [3.63, 3.8) is 0 Å². The Hall–Kier alpha value is -2.31. The van der Waals surface area contributed by atoms with Crippen LogP contribution in [0.2, 0.25) is 0 Å². The molecule has 1 fully saturated rings. The first kappa shape index (κ1) is 14.1. The summed E-state index contributed by atoms with van der Waals surface area (Å²) >= 11 is 0. The zero-order valence-corrected chi connectivity index (χ0v) is 11.2. The standard InChI is InChI=1S/C13H16FN3O3/c1-13(2)12(20)16-3-4-17(13)10-5-7(11(18)19)9(15)6-8(10)14/h5-6H,3-4,15H2,1-2H3,(H,16,20)(H,18,19). The van der Waals surface area contributed by atoms with Gasteiger partial charge in [-0.25, -0.2) is 9.18 Å². The molecule has 7 heteroatoms. The molecule has 0 saturated carbocycles. The van der Waals surface area contributed by atoms with Gasteiger partial charge < -0.3 is 21.1 Å². The molecule has 6 nitrogen and oxygen atoms in total. The first-order chi connectivity index (χ1) is 9.25. The Morgan fingerprint density at radius 1 is 1.50 bits per heavy atom. The maximum atomic E-state index is 14.1. The molecule has 108 valence electrons. The molecule has 0 atom stereocenters. The second kappa shape index (κ2) is 4.66. The first-order valence-corrected chi connectivity index (χ1v) is 6.13. The van der Waals surface area contributed by atoms with Gasteiger partial charge in [0.25, 0.3) is 0 Å². The van der Waals surface area contributed by atoms with E-state index < -0.39 is 17.3 Å². The van der Waals surface area contributed by atoms with Gasteiger partial charge in [0.05, 0.1) is 11.3 Å². The van der Waals surface area contributed by atoms with E-state index in [0.29, 0.717) is 13.1 Å². The van der Waals surface area contributed by atoms with E-state index >= 15 is 0 Å². The molecular weight excluding hydrogens is 265 g/mol. The fraction of sp³-hybridized carbons (Fsp3) is 0.385. The summed E-state index contributed by atoms with van der Waals surface area (Å²) in [5.41, 5.74) is 4.28. The summed E-state index contributed by atoms with van der Waals surface area (Å²) < 4.78 is 14.1. The summed E-state index contributed by atoms with van der Waals surface area (Å²) in [5.74, 6) is -2.12. The summed E-state index contributed by atoms with van der Waals surface area (Å²) in [6, 6.07) is 2.15. The summed E-state index contributed by atoms with van der Waals surface area (Å²) in [5, 5.41) is 11.8. The van der Waals surface area contributed by atoms with Gasteiger partial charge in [-0.15, -0.1) is 0 Å². The third-order valence-electron chi connectivity index (χ3n) is 3.49. The number of amides is 1. The van der Waals surface area contributed by atoms with Crippen LogP contribution in [0.1, 0.15) is 24.2 Å². The fourth-order valence-corrected chi connectivity index (χ4v) is 2.29. The topological polar surface area (TPSA) is 95.7 Å². The van der Waals surface area contributed by atoms with Crippen LogP contribution in [-0.4, -0.2) is 35.6 Å². The van der Waals surface area contributed by atoms with Gasteiger partial charge in [0, 0.05) is 18.8 Å². The second-order valence-electron chi connectivity index (χ2n) is 5.16. The number of carbonyl (C=O) groups is 2. The highest BCUT2D eigenvalue weighted by molar-refractivity contribution is 5.96.